The van der Waals surface area contributed by atoms with Crippen LogP contribution in [-0.2, 0) is 19.6 Å². The van der Waals surface area contributed by atoms with Crippen molar-refractivity contribution in [1.29, 1.82) is 0 Å². The van der Waals surface area contributed by atoms with Gasteiger partial charge in [-0.25, -0.2) is 4.99 Å². The SMILES string of the molecule is COc1ccccc1CN=C(N)NCCCN1Cc2ccccc2C1. The highest BCUT2D eigenvalue weighted by molar-refractivity contribution is 5.77. The highest BCUT2D eigenvalue weighted by Gasteiger charge is 2.17. The van der Waals surface area contributed by atoms with Crippen molar-refractivity contribution in [3.8, 4) is 5.75 Å². The number of hydrogen-bond acceptors (Lipinski definition) is 3. The molecule has 0 saturated heterocycles. The summed E-state index contributed by atoms with van der Waals surface area (Å²) in [4.78, 5) is 6.86. The molecule has 3 N–H and O–H groups in total. The van der Waals surface area contributed by atoms with E-state index < -0.39 is 0 Å². The van der Waals surface area contributed by atoms with Gasteiger partial charge in [0.2, 0.25) is 0 Å². The summed E-state index contributed by atoms with van der Waals surface area (Å²) in [6, 6.07) is 16.5. The number of para-hydroxylation sites is 1. The summed E-state index contributed by atoms with van der Waals surface area (Å²) in [6.07, 6.45) is 1.04. The first kappa shape index (κ1) is 17.3. The smallest absolute Gasteiger partial charge is 0.188 e. The molecule has 0 aliphatic carbocycles. The lowest BCUT2D eigenvalue weighted by molar-refractivity contribution is 0.281. The van der Waals surface area contributed by atoms with Gasteiger partial charge in [0.1, 0.15) is 5.75 Å². The summed E-state index contributed by atoms with van der Waals surface area (Å²) in [5.41, 5.74) is 9.90. The van der Waals surface area contributed by atoms with E-state index in [9.17, 15) is 0 Å². The summed E-state index contributed by atoms with van der Waals surface area (Å²) < 4.78 is 5.32. The zero-order valence-electron chi connectivity index (χ0n) is 14.7. The van der Waals surface area contributed by atoms with E-state index in [0.29, 0.717) is 12.5 Å². The number of nitrogens with zero attached hydrogens (tertiary/aromatic N) is 2. The second-order valence-corrected chi connectivity index (χ2v) is 6.27. The Morgan fingerprint density at radius 1 is 1.12 bits per heavy atom. The van der Waals surface area contributed by atoms with Crippen LogP contribution >= 0.6 is 0 Å². The van der Waals surface area contributed by atoms with Crippen molar-refractivity contribution in [2.24, 2.45) is 10.7 Å². The highest BCUT2D eigenvalue weighted by Crippen LogP contribution is 2.21. The number of nitrogens with two attached hydrogens (primary N) is 1. The van der Waals surface area contributed by atoms with Gasteiger partial charge in [-0.3, -0.25) is 4.90 Å². The first-order valence-corrected chi connectivity index (χ1v) is 8.71. The first-order chi connectivity index (χ1) is 12.3. The summed E-state index contributed by atoms with van der Waals surface area (Å²) in [7, 11) is 1.67. The molecule has 1 aliphatic rings. The van der Waals surface area contributed by atoms with Gasteiger partial charge in [-0.2, -0.15) is 0 Å². The van der Waals surface area contributed by atoms with Crippen molar-refractivity contribution >= 4 is 5.96 Å². The standard InChI is InChI=1S/C20H26N4O/c1-25-19-10-5-4-7-16(19)13-23-20(21)22-11-6-12-24-14-17-8-2-3-9-18(17)15-24/h2-5,7-10H,6,11-15H2,1H3,(H3,21,22,23). The molecule has 1 heterocycles. The fourth-order valence-corrected chi connectivity index (χ4v) is 3.14. The molecule has 0 aromatic heterocycles. The molecule has 0 fully saturated rings. The Labute approximate surface area is 149 Å². The number of benzene rings is 2. The van der Waals surface area contributed by atoms with Crippen LogP contribution in [0.25, 0.3) is 0 Å². The molecule has 5 nitrogen and oxygen atoms in total. The van der Waals surface area contributed by atoms with E-state index in [1.807, 2.05) is 24.3 Å². The number of fused-ring (bicyclic) bond motifs is 1. The first-order valence-electron chi connectivity index (χ1n) is 8.71. The Bertz CT molecular complexity index is 704. The molecule has 1 aliphatic heterocycles. The second kappa shape index (κ2) is 8.53. The van der Waals surface area contributed by atoms with Crippen molar-refractivity contribution in [2.45, 2.75) is 26.1 Å². The van der Waals surface area contributed by atoms with E-state index in [1.165, 1.54) is 11.1 Å². The van der Waals surface area contributed by atoms with E-state index in [4.69, 9.17) is 10.5 Å². The summed E-state index contributed by atoms with van der Waals surface area (Å²) >= 11 is 0. The maximum Gasteiger partial charge on any atom is 0.188 e. The van der Waals surface area contributed by atoms with E-state index in [-0.39, 0.29) is 0 Å². The van der Waals surface area contributed by atoms with Crippen LogP contribution in [0.3, 0.4) is 0 Å². The lowest BCUT2D eigenvalue weighted by Gasteiger charge is -2.15. The van der Waals surface area contributed by atoms with Gasteiger partial charge in [0, 0.05) is 31.7 Å². The van der Waals surface area contributed by atoms with Gasteiger partial charge in [0.25, 0.3) is 0 Å². The van der Waals surface area contributed by atoms with E-state index in [1.54, 1.807) is 7.11 Å². The van der Waals surface area contributed by atoms with E-state index in [2.05, 4.69) is 39.5 Å². The molecule has 0 amide bonds. The van der Waals surface area contributed by atoms with Crippen LogP contribution in [-0.4, -0.2) is 31.1 Å². The maximum absolute atomic E-state index is 5.96. The van der Waals surface area contributed by atoms with Gasteiger partial charge in [0.05, 0.1) is 13.7 Å². The molecular weight excluding hydrogens is 312 g/mol. The van der Waals surface area contributed by atoms with Crippen LogP contribution in [0.2, 0.25) is 0 Å². The Morgan fingerprint density at radius 3 is 2.52 bits per heavy atom. The Kier molecular flexibility index (Phi) is 5.90. The largest absolute Gasteiger partial charge is 0.496 e. The third-order valence-electron chi connectivity index (χ3n) is 4.48. The molecular formula is C20H26N4O. The molecule has 2 aromatic rings. The zero-order chi connectivity index (χ0) is 17.5. The number of guanidine groups is 1. The minimum Gasteiger partial charge on any atom is -0.496 e. The average molecular weight is 338 g/mol. The average Bonchev–Trinajstić information content (AvgIpc) is 3.06. The predicted octanol–water partition coefficient (Wildman–Crippen LogP) is 2.51. The van der Waals surface area contributed by atoms with Gasteiger partial charge in [-0.05, 0) is 23.6 Å². The Morgan fingerprint density at radius 2 is 1.80 bits per heavy atom. The minimum absolute atomic E-state index is 0.482. The fourth-order valence-electron chi connectivity index (χ4n) is 3.14. The molecule has 0 bridgehead atoms. The molecule has 0 saturated carbocycles. The summed E-state index contributed by atoms with van der Waals surface area (Å²) in [5.74, 6) is 1.32. The summed E-state index contributed by atoms with van der Waals surface area (Å²) in [6.45, 7) is 4.50. The van der Waals surface area contributed by atoms with Crippen LogP contribution in [0, 0.1) is 0 Å². The number of nitrogens with one attached hydrogen (secondary N) is 1. The number of aliphatic imine (C=N–C) groups is 1. The van der Waals surface area contributed by atoms with Crippen LogP contribution in [0.4, 0.5) is 0 Å². The molecule has 0 radical (unpaired) electrons. The van der Waals surface area contributed by atoms with Crippen molar-refractivity contribution < 1.29 is 4.74 Å². The maximum atomic E-state index is 5.96. The van der Waals surface area contributed by atoms with Gasteiger partial charge in [-0.1, -0.05) is 42.5 Å². The number of ether oxygens (including phenoxy) is 1. The van der Waals surface area contributed by atoms with Gasteiger partial charge < -0.3 is 15.8 Å². The van der Waals surface area contributed by atoms with Gasteiger partial charge in [-0.15, -0.1) is 0 Å². The third kappa shape index (κ3) is 4.73. The van der Waals surface area contributed by atoms with Crippen LogP contribution in [0.5, 0.6) is 5.75 Å². The third-order valence-corrected chi connectivity index (χ3v) is 4.48. The van der Waals surface area contributed by atoms with Crippen LogP contribution in [0.15, 0.2) is 53.5 Å². The normalized spacial score (nSPS) is 14.4. The number of hydrogen-bond donors (Lipinski definition) is 2. The minimum atomic E-state index is 0.482. The molecule has 0 unspecified atom stereocenters. The quantitative estimate of drug-likeness (QED) is 0.463. The molecule has 2 aromatic carbocycles. The van der Waals surface area contributed by atoms with Crippen molar-refractivity contribution in [2.75, 3.05) is 20.2 Å². The number of methoxy groups -OCH3 is 1. The highest BCUT2D eigenvalue weighted by atomic mass is 16.5. The van der Waals surface area contributed by atoms with E-state index >= 15 is 0 Å². The topological polar surface area (TPSA) is 62.9 Å². The molecule has 25 heavy (non-hydrogen) atoms. The van der Waals surface area contributed by atoms with Crippen molar-refractivity contribution in [1.82, 2.24) is 10.2 Å². The number of rotatable bonds is 7. The Hall–Kier alpha value is -2.53. The fraction of sp³-hybridized carbons (Fsp3) is 0.350. The van der Waals surface area contributed by atoms with Crippen LogP contribution in [0.1, 0.15) is 23.1 Å². The summed E-state index contributed by atoms with van der Waals surface area (Å²) in [5, 5.41) is 3.20. The van der Waals surface area contributed by atoms with E-state index in [0.717, 1.165) is 43.9 Å². The molecule has 132 valence electrons. The second-order valence-electron chi connectivity index (χ2n) is 6.27. The van der Waals surface area contributed by atoms with Gasteiger partial charge in [0.15, 0.2) is 5.96 Å². The van der Waals surface area contributed by atoms with Crippen LogP contribution < -0.4 is 15.8 Å². The Balaban J connectivity index is 1.38. The predicted molar refractivity (Wildman–Crippen MR) is 101 cm³/mol. The molecule has 0 spiro atoms. The molecule has 0 atom stereocenters. The molecule has 5 heteroatoms. The van der Waals surface area contributed by atoms with Crippen molar-refractivity contribution in [3.05, 3.63) is 65.2 Å². The van der Waals surface area contributed by atoms with Gasteiger partial charge >= 0.3 is 0 Å². The lowest BCUT2D eigenvalue weighted by atomic mass is 10.1. The molecule has 3 rings (SSSR count). The zero-order valence-corrected chi connectivity index (χ0v) is 14.7. The van der Waals surface area contributed by atoms with Crippen molar-refractivity contribution in [3.63, 3.8) is 0 Å². The monoisotopic (exact) mass is 338 g/mol. The lowest BCUT2D eigenvalue weighted by Crippen LogP contribution is -2.33.